The third-order valence-electron chi connectivity index (χ3n) is 21.0. The molecule has 0 aromatic heterocycles. The van der Waals surface area contributed by atoms with Crippen LogP contribution in [0.1, 0.15) is 177 Å². The predicted molar refractivity (Wildman–Crippen MR) is 220 cm³/mol. The van der Waals surface area contributed by atoms with E-state index in [-0.39, 0.29) is 56.4 Å². The van der Waals surface area contributed by atoms with Crippen molar-refractivity contribution in [1.82, 2.24) is 0 Å². The summed E-state index contributed by atoms with van der Waals surface area (Å²) in [4.78, 5) is 0. The summed E-state index contributed by atoms with van der Waals surface area (Å²) in [7, 11) is 0. The molecule has 12 bridgehead atoms. The number of benzene rings is 2. The maximum Gasteiger partial charge on any atom is 2.00 e. The van der Waals surface area contributed by atoms with Crippen molar-refractivity contribution in [3.63, 3.8) is 0 Å². The van der Waals surface area contributed by atoms with Crippen LogP contribution in [0.15, 0.2) is 59.2 Å². The van der Waals surface area contributed by atoms with E-state index in [1.165, 1.54) is 116 Å². The molecule has 3 heteroatoms. The Morgan fingerprint density at radius 2 is 0.877 bits per heavy atom. The molecular weight excluding hydrogens is 811 g/mol. The van der Waals surface area contributed by atoms with Crippen LogP contribution in [0.2, 0.25) is 0 Å². The van der Waals surface area contributed by atoms with E-state index < -0.39 is 0 Å². The van der Waals surface area contributed by atoms with Gasteiger partial charge in [0.25, 0.3) is 0 Å². The maximum absolute atomic E-state index is 2.95. The minimum absolute atomic E-state index is 0. The van der Waals surface area contributed by atoms with E-state index >= 15 is 0 Å². The molecule has 0 spiro atoms. The summed E-state index contributed by atoms with van der Waals surface area (Å²) in [5, 5.41) is 0. The van der Waals surface area contributed by atoms with Crippen LogP contribution in [-0.2, 0) is 37.0 Å². The van der Waals surface area contributed by atoms with Crippen LogP contribution < -0.4 is 24.8 Å². The Bertz CT molecular complexity index is 1860. The van der Waals surface area contributed by atoms with Crippen molar-refractivity contribution in [1.29, 1.82) is 0 Å². The van der Waals surface area contributed by atoms with Gasteiger partial charge in [0.05, 0.1) is 0 Å². The van der Waals surface area contributed by atoms with Crippen molar-refractivity contribution in [2.75, 3.05) is 0 Å². The van der Waals surface area contributed by atoms with E-state index in [1.54, 1.807) is 52.6 Å². The summed E-state index contributed by atoms with van der Waals surface area (Å²) < 4.78 is 0. The van der Waals surface area contributed by atoms with Gasteiger partial charge in [-0.3, -0.25) is 0 Å². The fourth-order valence-corrected chi connectivity index (χ4v) is 20.3. The van der Waals surface area contributed by atoms with Gasteiger partial charge in [0.1, 0.15) is 0 Å². The zero-order valence-electron chi connectivity index (χ0n) is 35.0. The Hall–Kier alpha value is -0.617. The van der Waals surface area contributed by atoms with Crippen LogP contribution in [-0.4, -0.2) is 0 Å². The molecule has 0 saturated heterocycles. The van der Waals surface area contributed by atoms with Gasteiger partial charge in [0.15, 0.2) is 0 Å². The first-order valence-corrected chi connectivity index (χ1v) is 24.0. The Kier molecular flexibility index (Phi) is 9.09. The Labute approximate surface area is 376 Å². The molecule has 1 atom stereocenters. The van der Waals surface area contributed by atoms with Crippen molar-refractivity contribution in [3.8, 4) is 11.1 Å². The molecule has 1 unspecified atom stereocenters. The monoisotopic (exact) mass is 874 g/mol. The van der Waals surface area contributed by atoms with Crippen LogP contribution in [0.5, 0.6) is 0 Å². The smallest absolute Gasteiger partial charge is 1.00 e. The molecular formula is C54H66Cl2Zr. The molecule has 0 aliphatic heterocycles. The van der Waals surface area contributed by atoms with Gasteiger partial charge in [-0.05, 0) is 249 Å². The van der Waals surface area contributed by atoms with Gasteiger partial charge in [-0.2, -0.15) is 0 Å². The molecule has 0 amide bonds. The molecule has 12 saturated carbocycles. The number of halogens is 2. The van der Waals surface area contributed by atoms with Gasteiger partial charge in [-0.25, -0.2) is 0 Å². The summed E-state index contributed by atoms with van der Waals surface area (Å²) >= 11 is 0. The number of fused-ring (bicyclic) bond motifs is 3. The molecule has 0 nitrogen and oxygen atoms in total. The van der Waals surface area contributed by atoms with Crippen LogP contribution in [0.25, 0.3) is 11.1 Å². The van der Waals surface area contributed by atoms with Gasteiger partial charge >= 0.3 is 26.2 Å². The van der Waals surface area contributed by atoms with Gasteiger partial charge in [0, 0.05) is 11.3 Å². The zero-order valence-corrected chi connectivity index (χ0v) is 39.0. The number of hydrogen-bond acceptors (Lipinski definition) is 0. The Morgan fingerprint density at radius 1 is 0.509 bits per heavy atom. The van der Waals surface area contributed by atoms with Crippen LogP contribution in [0.4, 0.5) is 0 Å². The van der Waals surface area contributed by atoms with Crippen molar-refractivity contribution in [3.05, 3.63) is 81.4 Å². The van der Waals surface area contributed by atoms with Gasteiger partial charge in [0.2, 0.25) is 0 Å². The second kappa shape index (κ2) is 13.2. The van der Waals surface area contributed by atoms with Gasteiger partial charge in [-0.1, -0.05) is 67.5 Å². The third kappa shape index (κ3) is 5.31. The first kappa shape index (κ1) is 39.2. The minimum atomic E-state index is 0. The van der Waals surface area contributed by atoms with E-state index in [2.05, 4.69) is 56.3 Å². The molecule has 2 aromatic carbocycles. The first-order valence-electron chi connectivity index (χ1n) is 24.0. The van der Waals surface area contributed by atoms with Crippen molar-refractivity contribution >= 4 is 0 Å². The molecule has 17 rings (SSSR count). The largest absolute Gasteiger partial charge is 2.00 e. The predicted octanol–water partition coefficient (Wildman–Crippen LogP) is 8.02. The van der Waals surface area contributed by atoms with E-state index in [0.29, 0.717) is 28.1 Å². The topological polar surface area (TPSA) is 0 Å². The van der Waals surface area contributed by atoms with Crippen LogP contribution in [0.3, 0.4) is 0 Å². The molecule has 57 heavy (non-hydrogen) atoms. The average Bonchev–Trinajstić information content (AvgIpc) is 3.81. The SMILES string of the molecule is CC(C)C1(C2c3ccc(C45CC6CC(CC(C6)C4)C5)cc3-c3cc(C45CC6CC(CC(C6)C4)C5)ccc32)CCC2=C1C=C(C13CC4CC(CC(C4)C1)C3)C2.[Cl-].[Cl-].[Zr+2]. The third-order valence-corrected chi connectivity index (χ3v) is 21.0. The summed E-state index contributed by atoms with van der Waals surface area (Å²) in [5.41, 5.74) is 17.6. The summed E-state index contributed by atoms with van der Waals surface area (Å²) in [6.07, 6.45) is 34.3. The van der Waals surface area contributed by atoms with Crippen molar-refractivity contribution in [2.24, 2.45) is 70.0 Å². The number of rotatable bonds is 5. The van der Waals surface area contributed by atoms with Crippen molar-refractivity contribution in [2.45, 2.75) is 165 Å². The summed E-state index contributed by atoms with van der Waals surface area (Å²) in [6, 6.07) is 16.7. The van der Waals surface area contributed by atoms with Crippen LogP contribution in [0, 0.1) is 70.0 Å². The Morgan fingerprint density at radius 3 is 1.25 bits per heavy atom. The van der Waals surface area contributed by atoms with E-state index in [1.807, 2.05) is 16.7 Å². The average molecular weight is 877 g/mol. The number of allylic oxidation sites excluding steroid dienone is 4. The van der Waals surface area contributed by atoms with Crippen LogP contribution >= 0.6 is 0 Å². The van der Waals surface area contributed by atoms with Gasteiger partial charge < -0.3 is 24.8 Å². The van der Waals surface area contributed by atoms with Gasteiger partial charge in [-0.15, -0.1) is 0 Å². The molecule has 2 aromatic rings. The number of hydrogen-bond donors (Lipinski definition) is 0. The van der Waals surface area contributed by atoms with E-state index in [9.17, 15) is 0 Å². The standard InChI is InChI=1S/C54H66.2ClH.Zr/c1-31(2)54(8-7-41-18-44(21-49(41)54)53-28-38-15-39(29-53)17-40(16-38)30-53)50-45-5-3-42(51-22-32-9-33(23-51)11-34(10-32)24-51)19-47(45)48-20-43(4-6-46(48)50)52-25-35-12-36(26-52)14-37(13-35)27-52;;;/h3-6,19-21,31-40,50H,7-18,22-30H2,1-2H3;2*1H;/q;;;+2/p-2. The van der Waals surface area contributed by atoms with Crippen molar-refractivity contribution < 1.29 is 51.0 Å². The normalized spacial score (nSPS) is 46.8. The molecule has 15 aliphatic rings. The molecule has 12 fully saturated rings. The van der Waals surface area contributed by atoms with E-state index in [0.717, 1.165) is 53.3 Å². The fourth-order valence-electron chi connectivity index (χ4n) is 20.3. The fraction of sp³-hybridized carbons (Fsp3) is 0.704. The molecule has 0 radical (unpaired) electrons. The minimum Gasteiger partial charge on any atom is -1.00 e. The summed E-state index contributed by atoms with van der Waals surface area (Å²) in [5.74, 6) is 10.2. The molecule has 0 N–H and O–H groups in total. The maximum atomic E-state index is 2.95. The first-order chi connectivity index (χ1) is 26.3. The second-order valence-corrected chi connectivity index (χ2v) is 24.2. The molecule has 300 valence electrons. The second-order valence-electron chi connectivity index (χ2n) is 24.2. The zero-order chi connectivity index (χ0) is 35.3. The molecule has 15 aliphatic carbocycles. The Balaban J connectivity index is 0.00000125. The summed E-state index contributed by atoms with van der Waals surface area (Å²) in [6.45, 7) is 5.27. The molecule has 0 heterocycles. The quantitative estimate of drug-likeness (QED) is 0.286. The van der Waals surface area contributed by atoms with E-state index in [4.69, 9.17) is 0 Å².